The first-order chi connectivity index (χ1) is 15.9. The Hall–Kier alpha value is -3.39. The lowest BCUT2D eigenvalue weighted by atomic mass is 9.95. The average molecular weight is 452 g/mol. The number of nitrogens with zero attached hydrogens (tertiary/aromatic N) is 1. The molecule has 0 radical (unpaired) electrons. The second-order valence-corrected chi connectivity index (χ2v) is 8.81. The molecule has 7 nitrogen and oxygen atoms in total. The van der Waals surface area contributed by atoms with Gasteiger partial charge in [-0.25, -0.2) is 4.39 Å². The molecule has 8 heteroatoms. The highest BCUT2D eigenvalue weighted by atomic mass is 19.1. The summed E-state index contributed by atoms with van der Waals surface area (Å²) >= 11 is 0. The zero-order valence-electron chi connectivity index (χ0n) is 18.8. The molecule has 3 atom stereocenters. The van der Waals surface area contributed by atoms with E-state index in [0.717, 1.165) is 11.1 Å². The van der Waals surface area contributed by atoms with Crippen molar-refractivity contribution in [2.24, 2.45) is 0 Å². The van der Waals surface area contributed by atoms with Gasteiger partial charge in [0.2, 0.25) is 11.8 Å². The third kappa shape index (κ3) is 5.34. The van der Waals surface area contributed by atoms with Crippen LogP contribution in [0, 0.1) is 0 Å². The minimum Gasteiger partial charge on any atom is -0.343 e. The van der Waals surface area contributed by atoms with Crippen molar-refractivity contribution in [1.82, 2.24) is 26.6 Å². The molecular weight excluding hydrogens is 421 g/mol. The van der Waals surface area contributed by atoms with Crippen molar-refractivity contribution in [3.8, 4) is 0 Å². The van der Waals surface area contributed by atoms with Crippen molar-refractivity contribution in [2.45, 2.75) is 50.9 Å². The molecule has 4 rings (SSSR count). The highest BCUT2D eigenvalue weighted by Crippen LogP contribution is 2.27. The molecule has 0 bridgehead atoms. The van der Waals surface area contributed by atoms with Crippen LogP contribution < -0.4 is 21.7 Å². The summed E-state index contributed by atoms with van der Waals surface area (Å²) in [6.07, 6.45) is 0.443. The Balaban J connectivity index is 1.54. The molecule has 1 saturated heterocycles. The van der Waals surface area contributed by atoms with Gasteiger partial charge in [0, 0.05) is 12.6 Å². The van der Waals surface area contributed by atoms with Crippen molar-refractivity contribution in [1.29, 1.82) is 0 Å². The van der Waals surface area contributed by atoms with Crippen LogP contribution in [0.4, 0.5) is 4.39 Å². The molecule has 0 unspecified atom stereocenters. The van der Waals surface area contributed by atoms with E-state index in [-0.39, 0.29) is 31.2 Å². The van der Waals surface area contributed by atoms with Crippen LogP contribution in [-0.2, 0) is 9.59 Å². The van der Waals surface area contributed by atoms with E-state index in [1.807, 2.05) is 42.5 Å². The van der Waals surface area contributed by atoms with Crippen LogP contribution in [0.2, 0.25) is 0 Å². The third-order valence-electron chi connectivity index (χ3n) is 6.11. The molecule has 0 aromatic heterocycles. The lowest BCUT2D eigenvalue weighted by molar-refractivity contribution is -0.138. The molecule has 2 aromatic carbocycles. The fourth-order valence-electron chi connectivity index (χ4n) is 4.26. The zero-order chi connectivity index (χ0) is 23.4. The van der Waals surface area contributed by atoms with Crippen molar-refractivity contribution in [3.63, 3.8) is 0 Å². The fourth-order valence-corrected chi connectivity index (χ4v) is 4.26. The van der Waals surface area contributed by atoms with Gasteiger partial charge in [0.25, 0.3) is 0 Å². The first-order valence-electron chi connectivity index (χ1n) is 11.3. The van der Waals surface area contributed by atoms with Crippen molar-refractivity contribution in [3.05, 3.63) is 83.2 Å². The van der Waals surface area contributed by atoms with E-state index in [1.165, 1.54) is 10.5 Å². The number of hydrogen-bond donors (Lipinski definition) is 4. The first kappa shape index (κ1) is 22.8. The van der Waals surface area contributed by atoms with Gasteiger partial charge >= 0.3 is 0 Å². The van der Waals surface area contributed by atoms with E-state index in [2.05, 4.69) is 47.7 Å². The van der Waals surface area contributed by atoms with Gasteiger partial charge in [-0.15, -0.1) is 0 Å². The maximum atomic E-state index is 14.3. The number of likely N-dealkylation sites (tertiary alicyclic amines) is 1. The van der Waals surface area contributed by atoms with Gasteiger partial charge in [-0.3, -0.25) is 9.59 Å². The van der Waals surface area contributed by atoms with Crippen LogP contribution in [0.15, 0.2) is 66.5 Å². The number of hydrazine groups is 2. The lowest BCUT2D eigenvalue weighted by Gasteiger charge is -2.27. The molecule has 0 saturated carbocycles. The summed E-state index contributed by atoms with van der Waals surface area (Å²) in [5.74, 6) is -0.245. The van der Waals surface area contributed by atoms with Crippen molar-refractivity contribution < 1.29 is 14.0 Å². The highest BCUT2D eigenvalue weighted by molar-refractivity contribution is 5.89. The minimum atomic E-state index is -1.23. The summed E-state index contributed by atoms with van der Waals surface area (Å²) in [5.41, 5.74) is 11.9. The van der Waals surface area contributed by atoms with E-state index in [1.54, 1.807) is 6.20 Å². The van der Waals surface area contributed by atoms with Gasteiger partial charge in [0.15, 0.2) is 0 Å². The van der Waals surface area contributed by atoms with E-state index in [9.17, 15) is 14.0 Å². The number of nitrogens with one attached hydrogen (secondary N) is 4. The van der Waals surface area contributed by atoms with Gasteiger partial charge < -0.3 is 21.1 Å². The number of amides is 2. The van der Waals surface area contributed by atoms with Gasteiger partial charge in [-0.1, -0.05) is 68.4 Å². The smallest absolute Gasteiger partial charge is 0.243 e. The normalized spacial score (nSPS) is 20.7. The second-order valence-electron chi connectivity index (χ2n) is 8.81. The molecular formula is C25H30FN5O2. The molecule has 0 spiro atoms. The highest BCUT2D eigenvalue weighted by Gasteiger charge is 2.40. The molecule has 174 valence electrons. The summed E-state index contributed by atoms with van der Waals surface area (Å²) in [5, 5.41) is 3.08. The largest absolute Gasteiger partial charge is 0.343 e. The number of benzene rings is 2. The molecule has 1 fully saturated rings. The van der Waals surface area contributed by atoms with E-state index in [4.69, 9.17) is 0 Å². The molecule has 2 aliphatic heterocycles. The van der Waals surface area contributed by atoms with Gasteiger partial charge in [-0.05, 0) is 22.6 Å². The number of carbonyl (C=O) groups is 2. The fraction of sp³-hybridized carbons (Fsp3) is 0.360. The van der Waals surface area contributed by atoms with Crippen LogP contribution >= 0.6 is 0 Å². The quantitative estimate of drug-likeness (QED) is 0.520. The molecule has 33 heavy (non-hydrogen) atoms. The van der Waals surface area contributed by atoms with Crippen LogP contribution in [0.1, 0.15) is 55.3 Å². The first-order valence-corrected chi connectivity index (χ1v) is 11.3. The molecule has 0 aliphatic carbocycles. The summed E-state index contributed by atoms with van der Waals surface area (Å²) in [6.45, 7) is 4.19. The Morgan fingerprint density at radius 1 is 1.06 bits per heavy atom. The van der Waals surface area contributed by atoms with Crippen LogP contribution in [-0.4, -0.2) is 35.5 Å². The number of carbonyl (C=O) groups excluding carboxylic acids is 2. The van der Waals surface area contributed by atoms with E-state index >= 15 is 0 Å². The Kier molecular flexibility index (Phi) is 6.93. The Morgan fingerprint density at radius 3 is 2.36 bits per heavy atom. The van der Waals surface area contributed by atoms with Crippen molar-refractivity contribution >= 4 is 11.8 Å². The number of alkyl halides is 1. The van der Waals surface area contributed by atoms with Crippen LogP contribution in [0.3, 0.4) is 0 Å². The monoisotopic (exact) mass is 451 g/mol. The number of hydrogen-bond acceptors (Lipinski definition) is 5. The Labute approximate surface area is 193 Å². The number of rotatable bonds is 7. The Bertz CT molecular complexity index is 1010. The predicted octanol–water partition coefficient (Wildman–Crippen LogP) is 2.80. The summed E-state index contributed by atoms with van der Waals surface area (Å²) < 4.78 is 14.3. The number of halogens is 1. The van der Waals surface area contributed by atoms with Crippen LogP contribution in [0.5, 0.6) is 0 Å². The summed E-state index contributed by atoms with van der Waals surface area (Å²) in [7, 11) is 0. The average Bonchev–Trinajstić information content (AvgIpc) is 3.47. The van der Waals surface area contributed by atoms with Crippen molar-refractivity contribution in [2.75, 3.05) is 6.54 Å². The van der Waals surface area contributed by atoms with Gasteiger partial charge in [0.1, 0.15) is 12.2 Å². The van der Waals surface area contributed by atoms with Crippen LogP contribution in [0.25, 0.3) is 0 Å². The summed E-state index contributed by atoms with van der Waals surface area (Å²) in [4.78, 5) is 27.5. The summed E-state index contributed by atoms with van der Waals surface area (Å²) in [6, 6.07) is 16.6. The lowest BCUT2D eigenvalue weighted by Crippen LogP contribution is -2.47. The molecule has 2 amide bonds. The maximum absolute atomic E-state index is 14.3. The molecule has 2 aromatic rings. The second kappa shape index (κ2) is 10.0. The maximum Gasteiger partial charge on any atom is 0.243 e. The minimum absolute atomic E-state index is 0.00561. The van der Waals surface area contributed by atoms with E-state index < -0.39 is 18.3 Å². The topological polar surface area (TPSA) is 85.5 Å². The zero-order valence-corrected chi connectivity index (χ0v) is 18.8. The molecule has 2 aliphatic rings. The Morgan fingerprint density at radius 2 is 1.73 bits per heavy atom. The third-order valence-corrected chi connectivity index (χ3v) is 6.11. The molecule has 4 N–H and O–H groups in total. The molecule has 2 heterocycles. The van der Waals surface area contributed by atoms with E-state index in [0.29, 0.717) is 11.6 Å². The predicted molar refractivity (Wildman–Crippen MR) is 124 cm³/mol. The standard InChI is InChI=1S/C25H30FN5O2/c1-16(2)17-8-10-19(11-9-17)24(18-6-4-3-5-7-18)28-25(33)22-12-20(26)15-31(22)23(32)13-21-14-27-30-29-21/h3-11,14,16,20,22,24,27,29-30H,12-13,15H2,1-2H3,(H,28,33)/t20-,22+,24+/m1/s1. The van der Waals surface area contributed by atoms with Gasteiger partial charge in [0.05, 0.1) is 24.7 Å². The van der Waals surface area contributed by atoms with Gasteiger partial charge in [-0.2, -0.15) is 5.53 Å². The SMILES string of the molecule is CC(C)c1ccc([C@@H](NC(=O)[C@@H]2C[C@@H](F)CN2C(=O)CC2=CNNN2)c2ccccc2)cc1.